The Labute approximate surface area is 137 Å². The van der Waals surface area contributed by atoms with E-state index in [2.05, 4.69) is 5.32 Å². The van der Waals surface area contributed by atoms with Crippen LogP contribution in [0.15, 0.2) is 18.2 Å². The van der Waals surface area contributed by atoms with Gasteiger partial charge in [-0.1, -0.05) is 0 Å². The molecule has 2 aliphatic heterocycles. The van der Waals surface area contributed by atoms with Gasteiger partial charge < -0.3 is 19.7 Å². The molecule has 1 N–H and O–H groups in total. The van der Waals surface area contributed by atoms with Gasteiger partial charge in [-0.2, -0.15) is 0 Å². The number of methoxy groups -OCH3 is 2. The molecule has 0 bridgehead atoms. The lowest BCUT2D eigenvalue weighted by molar-refractivity contribution is -0.138. The molecular formula is C16H23ClN2O3. The summed E-state index contributed by atoms with van der Waals surface area (Å²) in [5.41, 5.74) is 1.08. The number of carbonyl (C=O) groups excluding carboxylic acids is 1. The first-order chi connectivity index (χ1) is 10.2. The first kappa shape index (κ1) is 16.9. The second-order valence-corrected chi connectivity index (χ2v) is 5.65. The number of ether oxygens (including phenoxy) is 2. The zero-order valence-electron chi connectivity index (χ0n) is 13.0. The summed E-state index contributed by atoms with van der Waals surface area (Å²) in [4.78, 5) is 14.6. The lowest BCUT2D eigenvalue weighted by atomic mass is 9.98. The fourth-order valence-electron chi connectivity index (χ4n) is 3.15. The summed E-state index contributed by atoms with van der Waals surface area (Å²) in [6.45, 7) is 2.46. The van der Waals surface area contributed by atoms with Gasteiger partial charge in [0.25, 0.3) is 0 Å². The van der Waals surface area contributed by atoms with Gasteiger partial charge in [-0.3, -0.25) is 4.79 Å². The van der Waals surface area contributed by atoms with Crippen LogP contribution in [0.3, 0.4) is 0 Å². The fourth-order valence-corrected chi connectivity index (χ4v) is 3.15. The number of nitrogens with zero attached hydrogens (tertiary/aromatic N) is 1. The van der Waals surface area contributed by atoms with E-state index in [0.717, 1.165) is 49.5 Å². The number of carbonyl (C=O) groups is 1. The van der Waals surface area contributed by atoms with Gasteiger partial charge in [0.1, 0.15) is 11.5 Å². The number of rotatable bonds is 4. The van der Waals surface area contributed by atoms with Gasteiger partial charge >= 0.3 is 0 Å². The van der Waals surface area contributed by atoms with E-state index in [1.807, 2.05) is 23.1 Å². The Bertz CT molecular complexity index is 534. The topological polar surface area (TPSA) is 50.8 Å². The second kappa shape index (κ2) is 7.20. The Morgan fingerprint density at radius 3 is 2.64 bits per heavy atom. The molecule has 1 amide bonds. The van der Waals surface area contributed by atoms with Crippen molar-refractivity contribution in [2.45, 2.75) is 18.9 Å². The van der Waals surface area contributed by atoms with E-state index in [9.17, 15) is 4.79 Å². The van der Waals surface area contributed by atoms with E-state index >= 15 is 0 Å². The molecule has 5 nitrogen and oxygen atoms in total. The summed E-state index contributed by atoms with van der Waals surface area (Å²) in [7, 11) is 3.30. The minimum atomic E-state index is 0. The molecule has 2 fully saturated rings. The number of hydrogen-bond donors (Lipinski definition) is 1. The van der Waals surface area contributed by atoms with E-state index in [0.29, 0.717) is 0 Å². The van der Waals surface area contributed by atoms with E-state index in [1.54, 1.807) is 14.2 Å². The Morgan fingerprint density at radius 2 is 2.05 bits per heavy atom. The van der Waals surface area contributed by atoms with Gasteiger partial charge in [0, 0.05) is 31.3 Å². The van der Waals surface area contributed by atoms with Crippen molar-refractivity contribution in [3.8, 4) is 11.5 Å². The monoisotopic (exact) mass is 326 g/mol. The molecule has 122 valence electrons. The number of hydrogen-bond acceptors (Lipinski definition) is 4. The van der Waals surface area contributed by atoms with E-state index in [-0.39, 0.29) is 30.3 Å². The zero-order chi connectivity index (χ0) is 14.8. The third kappa shape index (κ3) is 3.01. The van der Waals surface area contributed by atoms with Crippen LogP contribution in [-0.4, -0.2) is 44.7 Å². The van der Waals surface area contributed by atoms with Gasteiger partial charge in [0.2, 0.25) is 5.91 Å². The summed E-state index contributed by atoms with van der Waals surface area (Å²) in [6, 6.07) is 5.97. The molecule has 0 radical (unpaired) electrons. The Kier molecular flexibility index (Phi) is 5.53. The molecule has 1 unspecified atom stereocenters. The lowest BCUT2D eigenvalue weighted by Crippen LogP contribution is -2.51. The normalized spacial score (nSPS) is 21.0. The van der Waals surface area contributed by atoms with Crippen LogP contribution < -0.4 is 14.8 Å². The van der Waals surface area contributed by atoms with E-state index in [1.165, 1.54) is 0 Å². The molecule has 1 atom stereocenters. The number of halogens is 1. The highest BCUT2D eigenvalue weighted by molar-refractivity contribution is 5.85. The van der Waals surface area contributed by atoms with Gasteiger partial charge in [-0.25, -0.2) is 0 Å². The highest BCUT2D eigenvalue weighted by Gasteiger charge is 2.37. The summed E-state index contributed by atoms with van der Waals surface area (Å²) >= 11 is 0. The van der Waals surface area contributed by atoms with Crippen molar-refractivity contribution in [1.82, 2.24) is 10.2 Å². The number of nitrogens with one attached hydrogen (secondary N) is 1. The first-order valence-electron chi connectivity index (χ1n) is 7.47. The molecule has 3 rings (SSSR count). The molecule has 0 saturated carbocycles. The summed E-state index contributed by atoms with van der Waals surface area (Å²) in [5.74, 6) is 1.99. The molecule has 0 spiro atoms. The predicted octanol–water partition coefficient (Wildman–Crippen LogP) is 2.01. The standard InChI is InChI=1S/C16H22N2O3.ClH/c1-20-12-5-6-13(15(8-12)21-2)14-4-3-7-18(14)16(19)11-9-17-10-11;/h5-6,8,11,14,17H,3-4,7,9-10H2,1-2H3;1H. The number of amides is 1. The molecule has 1 aromatic carbocycles. The van der Waals surface area contributed by atoms with Crippen LogP contribution in [0.4, 0.5) is 0 Å². The smallest absolute Gasteiger partial charge is 0.228 e. The SMILES string of the molecule is COc1ccc(C2CCCN2C(=O)C2CNC2)c(OC)c1.Cl. The van der Waals surface area contributed by atoms with Crippen molar-refractivity contribution in [3.05, 3.63) is 23.8 Å². The Morgan fingerprint density at radius 1 is 1.27 bits per heavy atom. The van der Waals surface area contributed by atoms with Crippen molar-refractivity contribution in [1.29, 1.82) is 0 Å². The van der Waals surface area contributed by atoms with Crippen molar-refractivity contribution < 1.29 is 14.3 Å². The summed E-state index contributed by atoms with van der Waals surface area (Å²) < 4.78 is 10.7. The fraction of sp³-hybridized carbons (Fsp3) is 0.562. The summed E-state index contributed by atoms with van der Waals surface area (Å²) in [5, 5.41) is 3.17. The number of benzene rings is 1. The van der Waals surface area contributed by atoms with Gasteiger partial charge in [-0.05, 0) is 25.0 Å². The highest BCUT2D eigenvalue weighted by Crippen LogP contribution is 2.39. The minimum absolute atomic E-state index is 0. The van der Waals surface area contributed by atoms with Gasteiger partial charge in [0.05, 0.1) is 26.2 Å². The third-order valence-electron chi connectivity index (χ3n) is 4.47. The molecule has 2 aliphatic rings. The predicted molar refractivity (Wildman–Crippen MR) is 86.8 cm³/mol. The molecule has 0 aliphatic carbocycles. The van der Waals surface area contributed by atoms with Crippen molar-refractivity contribution in [2.75, 3.05) is 33.9 Å². The van der Waals surface area contributed by atoms with Crippen LogP contribution >= 0.6 is 12.4 Å². The van der Waals surface area contributed by atoms with E-state index in [4.69, 9.17) is 9.47 Å². The largest absolute Gasteiger partial charge is 0.497 e. The third-order valence-corrected chi connectivity index (χ3v) is 4.47. The first-order valence-corrected chi connectivity index (χ1v) is 7.47. The average molecular weight is 327 g/mol. The number of likely N-dealkylation sites (tertiary alicyclic amines) is 1. The quantitative estimate of drug-likeness (QED) is 0.919. The van der Waals surface area contributed by atoms with Crippen LogP contribution in [0.1, 0.15) is 24.4 Å². The van der Waals surface area contributed by atoms with Crippen LogP contribution in [0.2, 0.25) is 0 Å². The molecule has 6 heteroatoms. The Balaban J connectivity index is 0.00000176. The van der Waals surface area contributed by atoms with Crippen molar-refractivity contribution in [2.24, 2.45) is 5.92 Å². The minimum Gasteiger partial charge on any atom is -0.497 e. The average Bonchev–Trinajstić information content (AvgIpc) is 2.93. The van der Waals surface area contributed by atoms with Crippen LogP contribution in [-0.2, 0) is 4.79 Å². The summed E-state index contributed by atoms with van der Waals surface area (Å²) in [6.07, 6.45) is 2.04. The molecular weight excluding hydrogens is 304 g/mol. The molecule has 22 heavy (non-hydrogen) atoms. The maximum absolute atomic E-state index is 12.6. The maximum atomic E-state index is 12.6. The Hall–Kier alpha value is -1.46. The van der Waals surface area contributed by atoms with Crippen LogP contribution in [0.5, 0.6) is 11.5 Å². The second-order valence-electron chi connectivity index (χ2n) is 5.65. The highest BCUT2D eigenvalue weighted by atomic mass is 35.5. The molecule has 2 saturated heterocycles. The van der Waals surface area contributed by atoms with Crippen molar-refractivity contribution in [3.63, 3.8) is 0 Å². The molecule has 0 aromatic heterocycles. The van der Waals surface area contributed by atoms with Crippen LogP contribution in [0, 0.1) is 5.92 Å². The zero-order valence-corrected chi connectivity index (χ0v) is 13.8. The van der Waals surface area contributed by atoms with Crippen LogP contribution in [0.25, 0.3) is 0 Å². The maximum Gasteiger partial charge on any atom is 0.228 e. The van der Waals surface area contributed by atoms with Gasteiger partial charge in [0.15, 0.2) is 0 Å². The van der Waals surface area contributed by atoms with Gasteiger partial charge in [-0.15, -0.1) is 12.4 Å². The molecule has 2 heterocycles. The lowest BCUT2D eigenvalue weighted by Gasteiger charge is -2.34. The molecule has 1 aromatic rings. The van der Waals surface area contributed by atoms with E-state index < -0.39 is 0 Å². The van der Waals surface area contributed by atoms with Crippen molar-refractivity contribution >= 4 is 18.3 Å².